The molecule has 82 valence electrons. The van der Waals surface area contributed by atoms with Crippen molar-refractivity contribution in [3.8, 4) is 0 Å². The van der Waals surface area contributed by atoms with Crippen LogP contribution in [0.4, 0.5) is 0 Å². The zero-order valence-electron chi connectivity index (χ0n) is 8.96. The van der Waals surface area contributed by atoms with Crippen LogP contribution < -0.4 is 0 Å². The summed E-state index contributed by atoms with van der Waals surface area (Å²) in [6.07, 6.45) is 3.19. The Morgan fingerprint density at radius 3 is 2.81 bits per heavy atom. The fourth-order valence-electron chi connectivity index (χ4n) is 1.44. The summed E-state index contributed by atoms with van der Waals surface area (Å²) in [6.45, 7) is 0.651. The molecular weight excluding hydrogens is 204 g/mol. The SMILES string of the molecule is COC(=O)c1cnn(Cc2ccccc2)c1. The van der Waals surface area contributed by atoms with E-state index in [9.17, 15) is 4.79 Å². The topological polar surface area (TPSA) is 44.1 Å². The Morgan fingerprint density at radius 2 is 2.12 bits per heavy atom. The summed E-state index contributed by atoms with van der Waals surface area (Å²) in [4.78, 5) is 11.2. The second-order valence-electron chi connectivity index (χ2n) is 3.40. The molecule has 16 heavy (non-hydrogen) atoms. The number of esters is 1. The van der Waals surface area contributed by atoms with Crippen molar-refractivity contribution >= 4 is 5.97 Å². The molecule has 0 spiro atoms. The minimum atomic E-state index is -0.362. The van der Waals surface area contributed by atoms with E-state index in [0.717, 1.165) is 5.56 Å². The second-order valence-corrected chi connectivity index (χ2v) is 3.40. The molecule has 0 aliphatic heterocycles. The predicted octanol–water partition coefficient (Wildman–Crippen LogP) is 1.72. The summed E-state index contributed by atoms with van der Waals surface area (Å²) in [6, 6.07) is 9.94. The Bertz CT molecular complexity index is 477. The van der Waals surface area contributed by atoms with Gasteiger partial charge in [0.2, 0.25) is 0 Å². The molecule has 0 amide bonds. The van der Waals surface area contributed by atoms with E-state index >= 15 is 0 Å². The molecule has 0 fully saturated rings. The number of hydrogen-bond acceptors (Lipinski definition) is 3. The van der Waals surface area contributed by atoms with E-state index in [4.69, 9.17) is 0 Å². The zero-order valence-corrected chi connectivity index (χ0v) is 8.96. The second kappa shape index (κ2) is 4.61. The van der Waals surface area contributed by atoms with Crippen LogP contribution in [0.1, 0.15) is 15.9 Å². The first kappa shape index (κ1) is 10.4. The zero-order chi connectivity index (χ0) is 11.4. The van der Waals surface area contributed by atoms with Gasteiger partial charge in [-0.15, -0.1) is 0 Å². The van der Waals surface area contributed by atoms with Gasteiger partial charge >= 0.3 is 5.97 Å². The van der Waals surface area contributed by atoms with Crippen molar-refractivity contribution in [3.63, 3.8) is 0 Å². The van der Waals surface area contributed by atoms with Crippen LogP contribution in [0.3, 0.4) is 0 Å². The third-order valence-corrected chi connectivity index (χ3v) is 2.24. The molecule has 4 heteroatoms. The van der Waals surface area contributed by atoms with E-state index in [0.29, 0.717) is 12.1 Å². The highest BCUT2D eigenvalue weighted by Gasteiger charge is 2.07. The number of methoxy groups -OCH3 is 1. The number of ether oxygens (including phenoxy) is 1. The maximum absolute atomic E-state index is 11.2. The van der Waals surface area contributed by atoms with E-state index < -0.39 is 0 Å². The number of hydrogen-bond donors (Lipinski definition) is 0. The lowest BCUT2D eigenvalue weighted by atomic mass is 10.2. The van der Waals surface area contributed by atoms with E-state index in [1.807, 2.05) is 30.3 Å². The maximum Gasteiger partial charge on any atom is 0.341 e. The van der Waals surface area contributed by atoms with Crippen LogP contribution in [-0.2, 0) is 11.3 Å². The van der Waals surface area contributed by atoms with Crippen LogP contribution >= 0.6 is 0 Å². The molecule has 1 aromatic carbocycles. The molecule has 4 nitrogen and oxygen atoms in total. The Balaban J connectivity index is 2.12. The van der Waals surface area contributed by atoms with Crippen molar-refractivity contribution in [2.75, 3.05) is 7.11 Å². The molecule has 0 unspecified atom stereocenters. The summed E-state index contributed by atoms with van der Waals surface area (Å²) < 4.78 is 6.32. The van der Waals surface area contributed by atoms with Crippen LogP contribution in [0.5, 0.6) is 0 Å². The van der Waals surface area contributed by atoms with Gasteiger partial charge < -0.3 is 4.74 Å². The molecule has 0 bridgehead atoms. The lowest BCUT2D eigenvalue weighted by Gasteiger charge is -2.00. The lowest BCUT2D eigenvalue weighted by Crippen LogP contribution is -2.01. The van der Waals surface area contributed by atoms with Gasteiger partial charge in [-0.2, -0.15) is 5.10 Å². The molecular formula is C12H12N2O2. The van der Waals surface area contributed by atoms with Crippen molar-refractivity contribution in [3.05, 3.63) is 53.9 Å². The van der Waals surface area contributed by atoms with Gasteiger partial charge in [-0.3, -0.25) is 4.68 Å². The molecule has 0 saturated carbocycles. The smallest absolute Gasteiger partial charge is 0.341 e. The van der Waals surface area contributed by atoms with E-state index in [1.165, 1.54) is 13.3 Å². The van der Waals surface area contributed by atoms with Gasteiger partial charge in [0.1, 0.15) is 0 Å². The van der Waals surface area contributed by atoms with Crippen LogP contribution in [0, 0.1) is 0 Å². The first-order valence-electron chi connectivity index (χ1n) is 4.94. The summed E-state index contributed by atoms with van der Waals surface area (Å²) in [7, 11) is 1.36. The number of carbonyl (C=O) groups is 1. The van der Waals surface area contributed by atoms with Crippen LogP contribution in [0.2, 0.25) is 0 Å². The largest absolute Gasteiger partial charge is 0.465 e. The monoisotopic (exact) mass is 216 g/mol. The molecule has 2 aromatic rings. The average molecular weight is 216 g/mol. The van der Waals surface area contributed by atoms with Gasteiger partial charge in [0, 0.05) is 6.20 Å². The average Bonchev–Trinajstić information content (AvgIpc) is 2.78. The Kier molecular flexibility index (Phi) is 3.00. The van der Waals surface area contributed by atoms with Crippen molar-refractivity contribution in [2.45, 2.75) is 6.54 Å². The van der Waals surface area contributed by atoms with Crippen molar-refractivity contribution in [2.24, 2.45) is 0 Å². The van der Waals surface area contributed by atoms with E-state index in [-0.39, 0.29) is 5.97 Å². The standard InChI is InChI=1S/C12H12N2O2/c1-16-12(15)11-7-13-14(9-11)8-10-5-3-2-4-6-10/h2-7,9H,8H2,1H3. The molecule has 0 radical (unpaired) electrons. The summed E-state index contributed by atoms with van der Waals surface area (Å²) in [5.74, 6) is -0.362. The predicted molar refractivity (Wildman–Crippen MR) is 59.1 cm³/mol. The van der Waals surface area contributed by atoms with Crippen molar-refractivity contribution in [1.29, 1.82) is 0 Å². The third kappa shape index (κ3) is 2.28. The summed E-state index contributed by atoms with van der Waals surface area (Å²) in [5, 5.41) is 4.10. The van der Waals surface area contributed by atoms with Gasteiger partial charge in [0.25, 0.3) is 0 Å². The normalized spacial score (nSPS) is 10.1. The molecule has 0 N–H and O–H groups in total. The first-order chi connectivity index (χ1) is 7.79. The lowest BCUT2D eigenvalue weighted by molar-refractivity contribution is 0.0600. The van der Waals surface area contributed by atoms with Crippen molar-refractivity contribution < 1.29 is 9.53 Å². The fourth-order valence-corrected chi connectivity index (χ4v) is 1.44. The van der Waals surface area contributed by atoms with E-state index in [1.54, 1.807) is 10.9 Å². The molecule has 0 aliphatic carbocycles. The molecule has 1 heterocycles. The summed E-state index contributed by atoms with van der Waals surface area (Å²) in [5.41, 5.74) is 1.61. The third-order valence-electron chi connectivity index (χ3n) is 2.24. The minimum absolute atomic E-state index is 0.362. The number of aromatic nitrogens is 2. The quantitative estimate of drug-likeness (QED) is 0.734. The van der Waals surface area contributed by atoms with E-state index in [2.05, 4.69) is 9.84 Å². The number of benzene rings is 1. The minimum Gasteiger partial charge on any atom is -0.465 e. The molecule has 0 saturated heterocycles. The Labute approximate surface area is 93.5 Å². The van der Waals surface area contributed by atoms with Gasteiger partial charge in [-0.25, -0.2) is 4.79 Å². The van der Waals surface area contributed by atoms with Gasteiger partial charge in [0.15, 0.2) is 0 Å². The highest BCUT2D eigenvalue weighted by molar-refractivity contribution is 5.88. The Morgan fingerprint density at radius 1 is 1.38 bits per heavy atom. The number of rotatable bonds is 3. The molecule has 0 aliphatic rings. The number of carbonyl (C=O) groups excluding carboxylic acids is 1. The highest BCUT2D eigenvalue weighted by Crippen LogP contribution is 2.04. The van der Waals surface area contributed by atoms with Gasteiger partial charge in [-0.05, 0) is 5.56 Å². The van der Waals surface area contributed by atoms with Crippen LogP contribution in [0.15, 0.2) is 42.7 Å². The fraction of sp³-hybridized carbons (Fsp3) is 0.167. The van der Waals surface area contributed by atoms with Crippen LogP contribution in [-0.4, -0.2) is 22.9 Å². The van der Waals surface area contributed by atoms with Gasteiger partial charge in [-0.1, -0.05) is 30.3 Å². The molecule has 1 aromatic heterocycles. The Hall–Kier alpha value is -2.10. The maximum atomic E-state index is 11.2. The first-order valence-corrected chi connectivity index (χ1v) is 4.94. The van der Waals surface area contributed by atoms with Gasteiger partial charge in [0.05, 0.1) is 25.4 Å². The van der Waals surface area contributed by atoms with Crippen molar-refractivity contribution in [1.82, 2.24) is 9.78 Å². The molecule has 2 rings (SSSR count). The number of nitrogens with zero attached hydrogens (tertiary/aromatic N) is 2. The molecule has 0 atom stereocenters. The highest BCUT2D eigenvalue weighted by atomic mass is 16.5. The summed E-state index contributed by atoms with van der Waals surface area (Å²) >= 11 is 0. The van der Waals surface area contributed by atoms with Crippen LogP contribution in [0.25, 0.3) is 0 Å².